The van der Waals surface area contributed by atoms with Gasteiger partial charge in [0.2, 0.25) is 0 Å². The van der Waals surface area contributed by atoms with Crippen molar-refractivity contribution in [3.8, 4) is 6.07 Å². The minimum atomic E-state index is -1.06. The zero-order valence-electron chi connectivity index (χ0n) is 15.9. The van der Waals surface area contributed by atoms with Gasteiger partial charge in [0.15, 0.2) is 11.9 Å². The van der Waals surface area contributed by atoms with Gasteiger partial charge in [-0.25, -0.2) is 4.79 Å². The van der Waals surface area contributed by atoms with Crippen LogP contribution in [0.25, 0.3) is 0 Å². The number of nitrogens with one attached hydrogen (secondary N) is 1. The van der Waals surface area contributed by atoms with Gasteiger partial charge < -0.3 is 19.4 Å². The first-order valence-electron chi connectivity index (χ1n) is 9.04. The molecule has 0 bridgehead atoms. The minimum absolute atomic E-state index is 0.0757. The molecule has 1 heterocycles. The molecule has 1 aliphatic carbocycles. The third-order valence-corrected chi connectivity index (χ3v) is 4.95. The number of rotatable bonds is 6. The molecule has 0 aliphatic heterocycles. The predicted octanol–water partition coefficient (Wildman–Crippen LogP) is 2.01. The monoisotopic (exact) mass is 375 g/mol. The first-order valence-corrected chi connectivity index (χ1v) is 9.04. The molecule has 1 fully saturated rings. The molecule has 146 valence electrons. The van der Waals surface area contributed by atoms with Crippen LogP contribution in [-0.2, 0) is 14.3 Å². The average Bonchev–Trinajstić information content (AvgIpc) is 3.22. The highest BCUT2D eigenvalue weighted by Crippen LogP contribution is 2.32. The lowest BCUT2D eigenvalue weighted by atomic mass is 9.81. The zero-order valence-corrected chi connectivity index (χ0v) is 15.9. The van der Waals surface area contributed by atoms with E-state index >= 15 is 0 Å². The van der Waals surface area contributed by atoms with Crippen LogP contribution >= 0.6 is 0 Å². The highest BCUT2D eigenvalue weighted by Gasteiger charge is 2.41. The lowest BCUT2D eigenvalue weighted by Gasteiger charge is -2.39. The molecule has 8 heteroatoms. The van der Waals surface area contributed by atoms with Gasteiger partial charge in [0.1, 0.15) is 11.6 Å². The fourth-order valence-corrected chi connectivity index (χ4v) is 3.20. The Hall–Kier alpha value is -2.82. The number of carbonyl (C=O) groups is 3. The Morgan fingerprint density at radius 3 is 2.52 bits per heavy atom. The van der Waals surface area contributed by atoms with E-state index in [1.807, 2.05) is 0 Å². The standard InChI is InChI=1S/C19H25N3O5/c1-13(21-16(23)15-8-7-11-26-15)18(25)27-14(2)17(24)22(3)19(12-20)9-5-4-6-10-19/h7-8,11,13-14H,4-6,9-10H2,1-3H3,(H,21,23)/t13-,14?/m0/s1. The van der Waals surface area contributed by atoms with Crippen LogP contribution in [0.3, 0.4) is 0 Å². The molecule has 2 amide bonds. The summed E-state index contributed by atoms with van der Waals surface area (Å²) in [5.74, 6) is -1.65. The Labute approximate surface area is 158 Å². The van der Waals surface area contributed by atoms with Crippen LogP contribution in [0.1, 0.15) is 56.5 Å². The molecule has 0 radical (unpaired) electrons. The van der Waals surface area contributed by atoms with E-state index in [2.05, 4.69) is 11.4 Å². The highest BCUT2D eigenvalue weighted by atomic mass is 16.5. The minimum Gasteiger partial charge on any atom is -0.459 e. The van der Waals surface area contributed by atoms with Crippen LogP contribution in [0.5, 0.6) is 0 Å². The second kappa shape index (κ2) is 8.71. The summed E-state index contributed by atoms with van der Waals surface area (Å²) in [4.78, 5) is 38.2. The Morgan fingerprint density at radius 2 is 1.96 bits per heavy atom. The third kappa shape index (κ3) is 4.67. The summed E-state index contributed by atoms with van der Waals surface area (Å²) in [7, 11) is 1.57. The molecule has 1 aliphatic rings. The number of nitrogens with zero attached hydrogens (tertiary/aromatic N) is 2. The maximum Gasteiger partial charge on any atom is 0.329 e. The molecule has 1 aromatic rings. The number of ether oxygens (including phenoxy) is 1. The van der Waals surface area contributed by atoms with E-state index in [1.54, 1.807) is 13.1 Å². The van der Waals surface area contributed by atoms with E-state index < -0.39 is 35.5 Å². The highest BCUT2D eigenvalue weighted by molar-refractivity contribution is 5.94. The van der Waals surface area contributed by atoms with E-state index in [-0.39, 0.29) is 5.76 Å². The lowest BCUT2D eigenvalue weighted by molar-refractivity contribution is -0.162. The Kier molecular flexibility index (Phi) is 6.61. The maximum absolute atomic E-state index is 12.7. The van der Waals surface area contributed by atoms with Gasteiger partial charge in [-0.15, -0.1) is 0 Å². The molecular weight excluding hydrogens is 350 g/mol. The van der Waals surface area contributed by atoms with Gasteiger partial charge in [0.25, 0.3) is 11.8 Å². The zero-order chi connectivity index (χ0) is 20.0. The number of likely N-dealkylation sites (N-methyl/N-ethyl adjacent to an activating group) is 1. The fraction of sp³-hybridized carbons (Fsp3) is 0.579. The quantitative estimate of drug-likeness (QED) is 0.761. The molecule has 1 unspecified atom stereocenters. The molecule has 1 aromatic heterocycles. The summed E-state index contributed by atoms with van der Waals surface area (Å²) in [5.41, 5.74) is -0.852. The van der Waals surface area contributed by atoms with Crippen molar-refractivity contribution >= 4 is 17.8 Å². The second-order valence-corrected chi connectivity index (χ2v) is 6.85. The molecular formula is C19H25N3O5. The van der Waals surface area contributed by atoms with Gasteiger partial charge in [-0.05, 0) is 38.8 Å². The largest absolute Gasteiger partial charge is 0.459 e. The number of nitriles is 1. The lowest BCUT2D eigenvalue weighted by Crippen LogP contribution is -2.53. The van der Waals surface area contributed by atoms with Gasteiger partial charge in [-0.3, -0.25) is 9.59 Å². The van der Waals surface area contributed by atoms with Crippen LogP contribution in [-0.4, -0.2) is 47.4 Å². The van der Waals surface area contributed by atoms with Crippen molar-refractivity contribution in [1.82, 2.24) is 10.2 Å². The predicted molar refractivity (Wildman–Crippen MR) is 95.4 cm³/mol. The van der Waals surface area contributed by atoms with Crippen molar-refractivity contribution in [3.63, 3.8) is 0 Å². The summed E-state index contributed by atoms with van der Waals surface area (Å²) in [6.07, 6.45) is 4.33. The van der Waals surface area contributed by atoms with Crippen molar-refractivity contribution in [2.45, 2.75) is 63.6 Å². The first kappa shape index (κ1) is 20.5. The first-order chi connectivity index (χ1) is 12.8. The average molecular weight is 375 g/mol. The molecule has 0 spiro atoms. The molecule has 0 aromatic carbocycles. The van der Waals surface area contributed by atoms with E-state index in [1.165, 1.54) is 31.1 Å². The molecule has 1 saturated carbocycles. The number of esters is 1. The smallest absolute Gasteiger partial charge is 0.329 e. The summed E-state index contributed by atoms with van der Waals surface area (Å²) in [6, 6.07) is 4.34. The van der Waals surface area contributed by atoms with Gasteiger partial charge >= 0.3 is 5.97 Å². The maximum atomic E-state index is 12.7. The molecule has 8 nitrogen and oxygen atoms in total. The van der Waals surface area contributed by atoms with E-state index in [4.69, 9.17) is 9.15 Å². The molecule has 2 rings (SSSR count). The molecule has 2 atom stereocenters. The topological polar surface area (TPSA) is 113 Å². The number of furan rings is 1. The molecule has 1 N–H and O–H groups in total. The van der Waals surface area contributed by atoms with Crippen molar-refractivity contribution in [3.05, 3.63) is 24.2 Å². The number of hydrogen-bond acceptors (Lipinski definition) is 6. The summed E-state index contributed by atoms with van der Waals surface area (Å²) in [6.45, 7) is 2.92. The SMILES string of the molecule is CC(OC(=O)[C@H](C)NC(=O)c1ccco1)C(=O)N(C)C1(C#N)CCCCC1. The van der Waals surface area contributed by atoms with Crippen molar-refractivity contribution in [2.75, 3.05) is 7.05 Å². The van der Waals surface area contributed by atoms with E-state index in [0.29, 0.717) is 12.8 Å². The van der Waals surface area contributed by atoms with Gasteiger partial charge in [-0.2, -0.15) is 5.26 Å². The van der Waals surface area contributed by atoms with Gasteiger partial charge in [0.05, 0.1) is 12.3 Å². The summed E-state index contributed by atoms with van der Waals surface area (Å²) >= 11 is 0. The Bertz CT molecular complexity index is 716. The van der Waals surface area contributed by atoms with Crippen LogP contribution < -0.4 is 5.32 Å². The van der Waals surface area contributed by atoms with Crippen LogP contribution in [0.4, 0.5) is 0 Å². The Balaban J connectivity index is 1.93. The van der Waals surface area contributed by atoms with Crippen molar-refractivity contribution in [1.29, 1.82) is 5.26 Å². The van der Waals surface area contributed by atoms with Crippen LogP contribution in [0, 0.1) is 11.3 Å². The van der Waals surface area contributed by atoms with E-state index in [0.717, 1.165) is 19.3 Å². The van der Waals surface area contributed by atoms with E-state index in [9.17, 15) is 19.6 Å². The normalized spacial score (nSPS) is 17.9. The van der Waals surface area contributed by atoms with Gasteiger partial charge in [-0.1, -0.05) is 19.3 Å². The van der Waals surface area contributed by atoms with Crippen molar-refractivity contribution in [2.24, 2.45) is 0 Å². The summed E-state index contributed by atoms with van der Waals surface area (Å²) in [5, 5.41) is 12.0. The second-order valence-electron chi connectivity index (χ2n) is 6.85. The number of hydrogen-bond donors (Lipinski definition) is 1. The fourth-order valence-electron chi connectivity index (χ4n) is 3.20. The van der Waals surface area contributed by atoms with Gasteiger partial charge in [0, 0.05) is 7.05 Å². The van der Waals surface area contributed by atoms with Crippen LogP contribution in [0.15, 0.2) is 22.8 Å². The Morgan fingerprint density at radius 1 is 1.30 bits per heavy atom. The third-order valence-electron chi connectivity index (χ3n) is 4.95. The molecule has 27 heavy (non-hydrogen) atoms. The van der Waals surface area contributed by atoms with Crippen LogP contribution in [0.2, 0.25) is 0 Å². The number of carbonyl (C=O) groups excluding carboxylic acids is 3. The van der Waals surface area contributed by atoms with Crippen molar-refractivity contribution < 1.29 is 23.5 Å². The molecule has 0 saturated heterocycles. The summed E-state index contributed by atoms with van der Waals surface area (Å²) < 4.78 is 10.2. The number of amides is 2.